The Bertz CT molecular complexity index is 655. The van der Waals surface area contributed by atoms with Crippen molar-refractivity contribution in [2.75, 3.05) is 39.9 Å². The number of rotatable bonds is 3. The Kier molecular flexibility index (Phi) is 4.64. The molecule has 0 spiro atoms. The lowest BCUT2D eigenvalue weighted by molar-refractivity contribution is 0.117. The number of aromatic nitrogens is 4. The fourth-order valence-corrected chi connectivity index (χ4v) is 3.60. The van der Waals surface area contributed by atoms with Gasteiger partial charge in [0.15, 0.2) is 5.82 Å². The van der Waals surface area contributed by atoms with Crippen molar-refractivity contribution in [2.24, 2.45) is 5.92 Å². The number of hydrogen-bond acceptors (Lipinski definition) is 5. The van der Waals surface area contributed by atoms with Gasteiger partial charge in [-0.3, -0.25) is 4.68 Å². The second-order valence-electron chi connectivity index (χ2n) is 6.88. The van der Waals surface area contributed by atoms with E-state index in [1.54, 1.807) is 0 Å². The molecule has 2 aromatic heterocycles. The van der Waals surface area contributed by atoms with Gasteiger partial charge in [0.2, 0.25) is 0 Å². The minimum atomic E-state index is 0.479. The highest BCUT2D eigenvalue weighted by atomic mass is 16.5. The van der Waals surface area contributed by atoms with Gasteiger partial charge in [-0.25, -0.2) is 4.98 Å². The van der Waals surface area contributed by atoms with Gasteiger partial charge in [0.1, 0.15) is 5.69 Å². The molecule has 2 aliphatic heterocycles. The first-order valence-corrected chi connectivity index (χ1v) is 8.85. The van der Waals surface area contributed by atoms with E-state index < -0.39 is 0 Å². The van der Waals surface area contributed by atoms with Crippen LogP contribution in [0.1, 0.15) is 12.1 Å². The average Bonchev–Trinajstić information content (AvgIpc) is 3.05. The summed E-state index contributed by atoms with van der Waals surface area (Å²) >= 11 is 0. The third-order valence-electron chi connectivity index (χ3n) is 4.83. The number of imidazole rings is 1. The summed E-state index contributed by atoms with van der Waals surface area (Å²) < 4.78 is 10.1. The van der Waals surface area contributed by atoms with Crippen LogP contribution in [0.4, 0.5) is 0 Å². The number of aryl methyl sites for hydroxylation is 1. The molecule has 7 heteroatoms. The summed E-state index contributed by atoms with van der Waals surface area (Å²) in [5, 5.41) is 8.24. The molecule has 1 N–H and O–H groups in total. The second-order valence-corrected chi connectivity index (χ2v) is 6.88. The Hall–Kier alpha value is -1.70. The molecule has 0 aliphatic carbocycles. The molecule has 1 fully saturated rings. The first-order valence-electron chi connectivity index (χ1n) is 8.85. The van der Waals surface area contributed by atoms with Crippen LogP contribution in [0.15, 0.2) is 18.5 Å². The van der Waals surface area contributed by atoms with E-state index in [2.05, 4.69) is 43.8 Å². The summed E-state index contributed by atoms with van der Waals surface area (Å²) in [6.07, 6.45) is 5.05. The Morgan fingerprint density at radius 3 is 3.29 bits per heavy atom. The molecule has 2 aliphatic rings. The van der Waals surface area contributed by atoms with Crippen molar-refractivity contribution in [3.63, 3.8) is 0 Å². The topological polar surface area (TPSA) is 60.1 Å². The highest BCUT2D eigenvalue weighted by molar-refractivity contribution is 5.50. The largest absolute Gasteiger partial charge is 0.380 e. The van der Waals surface area contributed by atoms with Gasteiger partial charge in [-0.1, -0.05) is 0 Å². The molecular weight excluding hydrogens is 304 g/mol. The maximum atomic E-state index is 5.75. The Balaban J connectivity index is 1.54. The molecule has 4 heterocycles. The molecule has 1 unspecified atom stereocenters. The van der Waals surface area contributed by atoms with Gasteiger partial charge < -0.3 is 19.5 Å². The number of ether oxygens (including phenoxy) is 1. The number of nitrogens with one attached hydrogen (secondary N) is 1. The molecule has 1 saturated heterocycles. The zero-order valence-electron chi connectivity index (χ0n) is 14.3. The van der Waals surface area contributed by atoms with Crippen molar-refractivity contribution in [3.05, 3.63) is 24.2 Å². The van der Waals surface area contributed by atoms with E-state index in [0.29, 0.717) is 5.92 Å². The molecular formula is C17H26N6O. The SMILES string of the molecule is CN1CCOCC(Cn2ccnc2-c2cc3n(n2)CCCNC3)C1. The van der Waals surface area contributed by atoms with E-state index in [4.69, 9.17) is 9.84 Å². The lowest BCUT2D eigenvalue weighted by Crippen LogP contribution is -2.28. The van der Waals surface area contributed by atoms with E-state index in [1.165, 1.54) is 5.69 Å². The van der Waals surface area contributed by atoms with E-state index in [9.17, 15) is 0 Å². The predicted molar refractivity (Wildman–Crippen MR) is 91.6 cm³/mol. The standard InChI is InChI=1S/C17H26N6O/c1-21-7-8-24-13-14(11-21)12-22-6-4-19-17(22)16-9-15-10-18-3-2-5-23(15)20-16/h4,6,9,14,18H,2-3,5,7-8,10-13H2,1H3. The van der Waals surface area contributed by atoms with Gasteiger partial charge in [0.25, 0.3) is 0 Å². The van der Waals surface area contributed by atoms with Crippen LogP contribution < -0.4 is 5.32 Å². The summed E-state index contributed by atoms with van der Waals surface area (Å²) in [4.78, 5) is 6.92. The number of fused-ring (bicyclic) bond motifs is 1. The van der Waals surface area contributed by atoms with Crippen molar-refractivity contribution < 1.29 is 4.74 Å². The lowest BCUT2D eigenvalue weighted by atomic mass is 10.1. The van der Waals surface area contributed by atoms with Crippen LogP contribution >= 0.6 is 0 Å². The molecule has 0 amide bonds. The summed E-state index contributed by atoms with van der Waals surface area (Å²) in [7, 11) is 2.16. The molecule has 0 saturated carbocycles. The molecule has 0 radical (unpaired) electrons. The van der Waals surface area contributed by atoms with E-state index in [0.717, 1.165) is 70.4 Å². The molecule has 0 bridgehead atoms. The number of nitrogens with zero attached hydrogens (tertiary/aromatic N) is 5. The molecule has 2 aromatic rings. The van der Waals surface area contributed by atoms with Crippen LogP contribution in [0.25, 0.3) is 11.5 Å². The van der Waals surface area contributed by atoms with Gasteiger partial charge in [0.05, 0.1) is 18.9 Å². The van der Waals surface area contributed by atoms with Crippen molar-refractivity contribution >= 4 is 0 Å². The van der Waals surface area contributed by atoms with Gasteiger partial charge in [-0.2, -0.15) is 5.10 Å². The molecule has 0 aromatic carbocycles. The number of likely N-dealkylation sites (N-methyl/N-ethyl adjacent to an activating group) is 1. The summed E-state index contributed by atoms with van der Waals surface area (Å²) in [6, 6.07) is 2.17. The highest BCUT2D eigenvalue weighted by Gasteiger charge is 2.20. The lowest BCUT2D eigenvalue weighted by Gasteiger charge is -2.20. The van der Waals surface area contributed by atoms with Crippen molar-refractivity contribution in [3.8, 4) is 11.5 Å². The third kappa shape index (κ3) is 3.38. The van der Waals surface area contributed by atoms with Crippen molar-refractivity contribution in [2.45, 2.75) is 26.1 Å². The summed E-state index contributed by atoms with van der Waals surface area (Å²) in [6.45, 7) is 7.54. The Morgan fingerprint density at radius 2 is 2.33 bits per heavy atom. The number of hydrogen-bond donors (Lipinski definition) is 1. The van der Waals surface area contributed by atoms with E-state index in [1.807, 2.05) is 6.20 Å². The average molecular weight is 330 g/mol. The minimum Gasteiger partial charge on any atom is -0.380 e. The van der Waals surface area contributed by atoms with E-state index >= 15 is 0 Å². The van der Waals surface area contributed by atoms with Crippen LogP contribution in [-0.4, -0.2) is 64.1 Å². The monoisotopic (exact) mass is 330 g/mol. The second kappa shape index (κ2) is 7.04. The smallest absolute Gasteiger partial charge is 0.160 e. The first kappa shape index (κ1) is 15.8. The normalized spacial score (nSPS) is 22.8. The van der Waals surface area contributed by atoms with Gasteiger partial charge in [0, 0.05) is 51.0 Å². The van der Waals surface area contributed by atoms with Crippen LogP contribution in [0.3, 0.4) is 0 Å². The van der Waals surface area contributed by atoms with E-state index in [-0.39, 0.29) is 0 Å². The van der Waals surface area contributed by atoms with Crippen LogP contribution in [0.2, 0.25) is 0 Å². The summed E-state index contributed by atoms with van der Waals surface area (Å²) in [5.74, 6) is 1.44. The van der Waals surface area contributed by atoms with Crippen LogP contribution in [0, 0.1) is 5.92 Å². The zero-order valence-corrected chi connectivity index (χ0v) is 14.3. The summed E-state index contributed by atoms with van der Waals surface area (Å²) in [5.41, 5.74) is 2.22. The third-order valence-corrected chi connectivity index (χ3v) is 4.83. The van der Waals surface area contributed by atoms with Gasteiger partial charge in [-0.05, 0) is 26.1 Å². The van der Waals surface area contributed by atoms with Gasteiger partial charge >= 0.3 is 0 Å². The zero-order chi connectivity index (χ0) is 16.4. The fourth-order valence-electron chi connectivity index (χ4n) is 3.60. The van der Waals surface area contributed by atoms with Crippen LogP contribution in [-0.2, 0) is 24.4 Å². The predicted octanol–water partition coefficient (Wildman–Crippen LogP) is 0.818. The molecule has 24 heavy (non-hydrogen) atoms. The first-order chi connectivity index (χ1) is 11.8. The molecule has 7 nitrogen and oxygen atoms in total. The molecule has 1 atom stereocenters. The maximum absolute atomic E-state index is 5.75. The fraction of sp³-hybridized carbons (Fsp3) is 0.647. The molecule has 130 valence electrons. The molecule has 4 rings (SSSR count). The minimum absolute atomic E-state index is 0.479. The van der Waals surface area contributed by atoms with Crippen molar-refractivity contribution in [1.82, 2.24) is 29.5 Å². The van der Waals surface area contributed by atoms with Crippen LogP contribution in [0.5, 0.6) is 0 Å². The Morgan fingerprint density at radius 1 is 1.38 bits per heavy atom. The van der Waals surface area contributed by atoms with Gasteiger partial charge in [-0.15, -0.1) is 0 Å². The Labute approximate surface area is 142 Å². The maximum Gasteiger partial charge on any atom is 0.160 e. The van der Waals surface area contributed by atoms with Crippen molar-refractivity contribution in [1.29, 1.82) is 0 Å². The quantitative estimate of drug-likeness (QED) is 0.903. The highest BCUT2D eigenvalue weighted by Crippen LogP contribution is 2.20.